The average molecular weight is 283 g/mol. The van der Waals surface area contributed by atoms with E-state index in [1.165, 1.54) is 16.7 Å². The number of aryl methyl sites for hydroxylation is 1. The van der Waals surface area contributed by atoms with Crippen LogP contribution in [-0.4, -0.2) is 7.11 Å². The van der Waals surface area contributed by atoms with Gasteiger partial charge in [0, 0.05) is 5.70 Å². The average Bonchev–Trinajstić information content (AvgIpc) is 2.47. The van der Waals surface area contributed by atoms with E-state index in [0.29, 0.717) is 0 Å². The lowest BCUT2D eigenvalue weighted by Crippen LogP contribution is -2.04. The second-order valence-corrected chi connectivity index (χ2v) is 4.95. The molecule has 0 fully saturated rings. The van der Waals surface area contributed by atoms with Crippen molar-refractivity contribution in [1.29, 1.82) is 0 Å². The number of benzene rings is 1. The highest BCUT2D eigenvalue weighted by Crippen LogP contribution is 2.28. The lowest BCUT2D eigenvalue weighted by atomic mass is 10.1. The van der Waals surface area contributed by atoms with Crippen LogP contribution in [0.1, 0.15) is 26.3 Å². The van der Waals surface area contributed by atoms with Crippen LogP contribution in [0.2, 0.25) is 0 Å². The number of hydrogen-bond acceptors (Lipinski definition) is 2. The summed E-state index contributed by atoms with van der Waals surface area (Å²) in [5, 5.41) is 3.44. The zero-order valence-electron chi connectivity index (χ0n) is 13.7. The Morgan fingerprint density at radius 3 is 2.57 bits per heavy atom. The molecule has 0 bridgehead atoms. The van der Waals surface area contributed by atoms with E-state index in [1.54, 1.807) is 13.2 Å². The van der Waals surface area contributed by atoms with Crippen molar-refractivity contribution in [1.82, 2.24) is 0 Å². The van der Waals surface area contributed by atoms with E-state index in [-0.39, 0.29) is 0 Å². The van der Waals surface area contributed by atoms with Gasteiger partial charge in [-0.15, -0.1) is 0 Å². The molecule has 0 aromatic heterocycles. The first-order chi connectivity index (χ1) is 10.0. The van der Waals surface area contributed by atoms with Crippen LogP contribution in [0.4, 0.5) is 5.69 Å². The van der Waals surface area contributed by atoms with Gasteiger partial charge in [0.05, 0.1) is 12.8 Å². The Bertz CT molecular complexity index is 592. The summed E-state index contributed by atoms with van der Waals surface area (Å²) in [5.41, 5.74) is 5.52. The van der Waals surface area contributed by atoms with Gasteiger partial charge in [-0.3, -0.25) is 0 Å². The summed E-state index contributed by atoms with van der Waals surface area (Å²) in [5.74, 6) is 0.835. The fourth-order valence-corrected chi connectivity index (χ4v) is 2.01. The summed E-state index contributed by atoms with van der Waals surface area (Å²) >= 11 is 0. The molecule has 0 aliphatic rings. The fraction of sp³-hybridized carbons (Fsp3) is 0.263. The third-order valence-electron chi connectivity index (χ3n) is 3.32. The molecule has 2 heteroatoms. The van der Waals surface area contributed by atoms with Crippen molar-refractivity contribution in [3.05, 3.63) is 71.5 Å². The summed E-state index contributed by atoms with van der Waals surface area (Å²) in [7, 11) is 1.69. The predicted molar refractivity (Wildman–Crippen MR) is 92.8 cm³/mol. The molecule has 0 radical (unpaired) electrons. The molecule has 112 valence electrons. The minimum Gasteiger partial charge on any atom is -0.495 e. The van der Waals surface area contributed by atoms with E-state index in [4.69, 9.17) is 4.74 Å². The summed E-state index contributed by atoms with van der Waals surface area (Å²) in [4.78, 5) is 0. The van der Waals surface area contributed by atoms with Crippen LogP contribution in [0.15, 0.2) is 65.9 Å². The van der Waals surface area contributed by atoms with Gasteiger partial charge in [-0.2, -0.15) is 0 Å². The van der Waals surface area contributed by atoms with E-state index in [2.05, 4.69) is 37.9 Å². The highest BCUT2D eigenvalue weighted by molar-refractivity contribution is 5.63. The highest BCUT2D eigenvalue weighted by Gasteiger charge is 2.07. The van der Waals surface area contributed by atoms with E-state index >= 15 is 0 Å². The third kappa shape index (κ3) is 4.67. The van der Waals surface area contributed by atoms with Crippen molar-refractivity contribution in [3.8, 4) is 5.75 Å². The fourth-order valence-electron chi connectivity index (χ4n) is 2.01. The minimum absolute atomic E-state index is 0.835. The molecule has 0 saturated carbocycles. The number of rotatable bonds is 6. The van der Waals surface area contributed by atoms with Crippen molar-refractivity contribution in [2.75, 3.05) is 12.4 Å². The molecule has 0 aliphatic carbocycles. The molecule has 0 spiro atoms. The van der Waals surface area contributed by atoms with Gasteiger partial charge in [-0.1, -0.05) is 30.9 Å². The lowest BCUT2D eigenvalue weighted by molar-refractivity contribution is 0.416. The Morgan fingerprint density at radius 2 is 2.00 bits per heavy atom. The van der Waals surface area contributed by atoms with E-state index in [1.807, 2.05) is 38.1 Å². The van der Waals surface area contributed by atoms with Crippen LogP contribution in [0.3, 0.4) is 0 Å². The Morgan fingerprint density at radius 1 is 1.29 bits per heavy atom. The van der Waals surface area contributed by atoms with Crippen LogP contribution in [0, 0.1) is 6.92 Å². The summed E-state index contributed by atoms with van der Waals surface area (Å²) in [6, 6.07) is 6.11. The molecular weight excluding hydrogens is 258 g/mol. The molecule has 0 saturated heterocycles. The maximum Gasteiger partial charge on any atom is 0.142 e. The van der Waals surface area contributed by atoms with Crippen molar-refractivity contribution >= 4 is 5.69 Å². The Labute approximate surface area is 128 Å². The van der Waals surface area contributed by atoms with Crippen LogP contribution < -0.4 is 10.1 Å². The first-order valence-corrected chi connectivity index (χ1v) is 7.08. The second-order valence-electron chi connectivity index (χ2n) is 4.95. The van der Waals surface area contributed by atoms with Gasteiger partial charge in [0.1, 0.15) is 5.75 Å². The smallest absolute Gasteiger partial charge is 0.142 e. The predicted octanol–water partition coefficient (Wildman–Crippen LogP) is 5.40. The van der Waals surface area contributed by atoms with Gasteiger partial charge in [0.25, 0.3) is 0 Å². The lowest BCUT2D eigenvalue weighted by Gasteiger charge is -2.16. The standard InChI is InChI=1S/C19H25NO/c1-7-9-15(4)16(5)17(10-8-2)20-18-12-11-14(3)13-19(18)21-6/h7-13,20H,2H2,1,3-6H3/b9-7-,16-15+,17-10+. The molecule has 21 heavy (non-hydrogen) atoms. The quantitative estimate of drug-likeness (QED) is 0.706. The molecule has 1 aromatic carbocycles. The van der Waals surface area contributed by atoms with E-state index in [0.717, 1.165) is 17.1 Å². The van der Waals surface area contributed by atoms with Gasteiger partial charge in [-0.05, 0) is 62.6 Å². The second kappa shape index (κ2) is 8.15. The molecule has 2 nitrogen and oxygen atoms in total. The first-order valence-electron chi connectivity index (χ1n) is 7.08. The summed E-state index contributed by atoms with van der Waals surface area (Å²) in [6.45, 7) is 12.1. The monoisotopic (exact) mass is 283 g/mol. The number of ether oxygens (including phenoxy) is 1. The number of hydrogen-bond donors (Lipinski definition) is 1. The molecule has 0 atom stereocenters. The van der Waals surface area contributed by atoms with Gasteiger partial charge in [0.15, 0.2) is 0 Å². The molecule has 1 rings (SSSR count). The summed E-state index contributed by atoms with van der Waals surface area (Å²) < 4.78 is 5.45. The van der Waals surface area contributed by atoms with Crippen molar-refractivity contribution in [2.45, 2.75) is 27.7 Å². The van der Waals surface area contributed by atoms with Crippen molar-refractivity contribution in [2.24, 2.45) is 0 Å². The first kappa shape index (κ1) is 16.8. The molecule has 0 aliphatic heterocycles. The maximum absolute atomic E-state index is 5.45. The van der Waals surface area contributed by atoms with E-state index in [9.17, 15) is 0 Å². The van der Waals surface area contributed by atoms with Crippen LogP contribution in [-0.2, 0) is 0 Å². The topological polar surface area (TPSA) is 21.3 Å². The Kier molecular flexibility index (Phi) is 6.54. The van der Waals surface area contributed by atoms with Crippen LogP contribution in [0.5, 0.6) is 5.75 Å². The number of anilines is 1. The van der Waals surface area contributed by atoms with Gasteiger partial charge in [-0.25, -0.2) is 0 Å². The van der Waals surface area contributed by atoms with Gasteiger partial charge < -0.3 is 10.1 Å². The van der Waals surface area contributed by atoms with E-state index < -0.39 is 0 Å². The number of allylic oxidation sites excluding steroid dienone is 6. The molecule has 0 amide bonds. The molecular formula is C19H25NO. The zero-order chi connectivity index (χ0) is 15.8. The SMILES string of the molecule is C=C\C=C(Nc1ccc(C)cc1OC)/C(C)=C(C)/C=C\C. The van der Waals surface area contributed by atoms with Crippen LogP contribution in [0.25, 0.3) is 0 Å². The number of methoxy groups -OCH3 is 1. The van der Waals surface area contributed by atoms with Gasteiger partial charge >= 0.3 is 0 Å². The normalized spacial score (nSPS) is 13.1. The Hall–Kier alpha value is -2.22. The highest BCUT2D eigenvalue weighted by atomic mass is 16.5. The largest absolute Gasteiger partial charge is 0.495 e. The molecule has 1 aromatic rings. The third-order valence-corrected chi connectivity index (χ3v) is 3.32. The zero-order valence-corrected chi connectivity index (χ0v) is 13.7. The summed E-state index contributed by atoms with van der Waals surface area (Å²) in [6.07, 6.45) is 7.90. The molecule has 1 N–H and O–H groups in total. The van der Waals surface area contributed by atoms with Gasteiger partial charge in [0.2, 0.25) is 0 Å². The molecule has 0 heterocycles. The van der Waals surface area contributed by atoms with Crippen molar-refractivity contribution in [3.63, 3.8) is 0 Å². The van der Waals surface area contributed by atoms with Crippen molar-refractivity contribution < 1.29 is 4.74 Å². The Balaban J connectivity index is 3.19. The maximum atomic E-state index is 5.45. The van der Waals surface area contributed by atoms with Crippen LogP contribution >= 0.6 is 0 Å². The molecule has 0 unspecified atom stereocenters. The minimum atomic E-state index is 0.835. The number of nitrogens with one attached hydrogen (secondary N) is 1.